The Morgan fingerprint density at radius 1 is 1.38 bits per heavy atom. The normalized spacial score (nSPS) is 10.6. The molecule has 0 unspecified atom stereocenters. The summed E-state index contributed by atoms with van der Waals surface area (Å²) in [5.41, 5.74) is 6.51. The first-order valence-corrected chi connectivity index (χ1v) is 5.92. The highest BCUT2D eigenvalue weighted by Crippen LogP contribution is 2.20. The van der Waals surface area contributed by atoms with E-state index in [4.69, 9.17) is 5.73 Å². The Morgan fingerprint density at radius 3 is 3.00 bits per heavy atom. The Bertz CT molecular complexity index is 467. The van der Waals surface area contributed by atoms with Crippen LogP contribution in [0.25, 0.3) is 11.4 Å². The summed E-state index contributed by atoms with van der Waals surface area (Å²) in [4.78, 5) is 8.48. The zero-order valence-electron chi connectivity index (χ0n) is 8.81. The average Bonchev–Trinajstić information content (AvgIpc) is 2.74. The summed E-state index contributed by atoms with van der Waals surface area (Å²) < 4.78 is 3.05. The molecule has 0 amide bonds. The molecule has 0 aliphatic heterocycles. The molecule has 0 radical (unpaired) electrons. The minimum absolute atomic E-state index is 0.689. The summed E-state index contributed by atoms with van der Waals surface area (Å²) in [6, 6.07) is 2.01. The molecule has 2 N–H and O–H groups in total. The quantitative estimate of drug-likeness (QED) is 0.933. The van der Waals surface area contributed by atoms with Crippen molar-refractivity contribution in [2.75, 3.05) is 6.54 Å². The van der Waals surface area contributed by atoms with Crippen LogP contribution in [0.3, 0.4) is 0 Å². The van der Waals surface area contributed by atoms with Crippen LogP contribution < -0.4 is 5.73 Å². The molecule has 0 spiro atoms. The van der Waals surface area contributed by atoms with Gasteiger partial charge in [0.05, 0.1) is 0 Å². The van der Waals surface area contributed by atoms with Crippen molar-refractivity contribution in [2.45, 2.75) is 13.0 Å². The lowest BCUT2D eigenvalue weighted by atomic mass is 10.2. The predicted octanol–water partition coefficient (Wildman–Crippen LogP) is 2.06. The van der Waals surface area contributed by atoms with Gasteiger partial charge in [-0.3, -0.25) is 4.98 Å². The highest BCUT2D eigenvalue weighted by molar-refractivity contribution is 9.10. The minimum atomic E-state index is 0.689. The number of aromatic nitrogens is 3. The van der Waals surface area contributed by atoms with Gasteiger partial charge >= 0.3 is 0 Å². The Kier molecular flexibility index (Phi) is 3.69. The number of aryl methyl sites for hydroxylation is 1. The first-order chi connectivity index (χ1) is 7.81. The molecule has 2 rings (SSSR count). The predicted molar refractivity (Wildman–Crippen MR) is 66.8 cm³/mol. The Balaban J connectivity index is 2.29. The van der Waals surface area contributed by atoms with E-state index >= 15 is 0 Å². The van der Waals surface area contributed by atoms with E-state index in [1.54, 1.807) is 12.4 Å². The van der Waals surface area contributed by atoms with Gasteiger partial charge < -0.3 is 10.3 Å². The lowest BCUT2D eigenvalue weighted by Gasteiger charge is -2.06. The number of hydrogen-bond acceptors (Lipinski definition) is 3. The van der Waals surface area contributed by atoms with Crippen LogP contribution in [0.4, 0.5) is 0 Å². The fourth-order valence-electron chi connectivity index (χ4n) is 1.55. The topological polar surface area (TPSA) is 56.7 Å². The van der Waals surface area contributed by atoms with Crippen LogP contribution in [0.15, 0.2) is 35.3 Å². The van der Waals surface area contributed by atoms with Crippen molar-refractivity contribution in [3.05, 3.63) is 35.3 Å². The van der Waals surface area contributed by atoms with Gasteiger partial charge in [-0.1, -0.05) is 0 Å². The van der Waals surface area contributed by atoms with Crippen LogP contribution in [-0.4, -0.2) is 21.1 Å². The second-order valence-corrected chi connectivity index (χ2v) is 4.39. The molecular formula is C11H13BrN4. The Morgan fingerprint density at radius 2 is 2.25 bits per heavy atom. The molecule has 0 aliphatic rings. The monoisotopic (exact) mass is 280 g/mol. The molecular weight excluding hydrogens is 268 g/mol. The zero-order chi connectivity index (χ0) is 11.4. The maximum atomic E-state index is 5.50. The Labute approximate surface area is 103 Å². The third-order valence-corrected chi connectivity index (χ3v) is 2.72. The molecule has 84 valence electrons. The number of pyridine rings is 1. The van der Waals surface area contributed by atoms with Gasteiger partial charge in [0, 0.05) is 41.4 Å². The first kappa shape index (κ1) is 11.3. The molecule has 0 saturated heterocycles. The van der Waals surface area contributed by atoms with E-state index in [1.807, 2.05) is 18.5 Å². The van der Waals surface area contributed by atoms with Crippen LogP contribution in [0.1, 0.15) is 6.42 Å². The summed E-state index contributed by atoms with van der Waals surface area (Å²) >= 11 is 3.41. The van der Waals surface area contributed by atoms with Crippen molar-refractivity contribution in [1.29, 1.82) is 0 Å². The van der Waals surface area contributed by atoms with Gasteiger partial charge in [0.1, 0.15) is 5.82 Å². The molecule has 0 aliphatic carbocycles. The fourth-order valence-corrected chi connectivity index (χ4v) is 1.91. The third-order valence-electron chi connectivity index (χ3n) is 2.28. The van der Waals surface area contributed by atoms with E-state index < -0.39 is 0 Å². The molecule has 5 heteroatoms. The maximum Gasteiger partial charge on any atom is 0.141 e. The largest absolute Gasteiger partial charge is 0.331 e. The van der Waals surface area contributed by atoms with Gasteiger partial charge in [0.15, 0.2) is 0 Å². The summed E-state index contributed by atoms with van der Waals surface area (Å²) in [6.45, 7) is 1.58. The van der Waals surface area contributed by atoms with Crippen molar-refractivity contribution in [3.63, 3.8) is 0 Å². The van der Waals surface area contributed by atoms with Crippen molar-refractivity contribution in [1.82, 2.24) is 14.5 Å². The van der Waals surface area contributed by atoms with Gasteiger partial charge in [-0.25, -0.2) is 4.98 Å². The van der Waals surface area contributed by atoms with Crippen LogP contribution in [0.2, 0.25) is 0 Å². The van der Waals surface area contributed by atoms with Crippen molar-refractivity contribution < 1.29 is 0 Å². The lowest BCUT2D eigenvalue weighted by Crippen LogP contribution is -2.06. The maximum absolute atomic E-state index is 5.50. The minimum Gasteiger partial charge on any atom is -0.331 e. The molecule has 0 saturated carbocycles. The molecule has 2 heterocycles. The van der Waals surface area contributed by atoms with E-state index in [9.17, 15) is 0 Å². The Hall–Kier alpha value is -1.20. The highest BCUT2D eigenvalue weighted by Gasteiger charge is 2.06. The molecule has 0 fully saturated rings. The van der Waals surface area contributed by atoms with E-state index in [-0.39, 0.29) is 0 Å². The fraction of sp³-hybridized carbons (Fsp3) is 0.273. The van der Waals surface area contributed by atoms with Crippen LogP contribution in [0, 0.1) is 0 Å². The van der Waals surface area contributed by atoms with Crippen molar-refractivity contribution >= 4 is 15.9 Å². The molecule has 0 aromatic carbocycles. The van der Waals surface area contributed by atoms with Crippen LogP contribution >= 0.6 is 15.9 Å². The average molecular weight is 281 g/mol. The number of halogens is 1. The molecule has 0 atom stereocenters. The second-order valence-electron chi connectivity index (χ2n) is 3.48. The summed E-state index contributed by atoms with van der Waals surface area (Å²) in [5, 5.41) is 0. The van der Waals surface area contributed by atoms with Crippen LogP contribution in [-0.2, 0) is 6.54 Å². The van der Waals surface area contributed by atoms with E-state index in [2.05, 4.69) is 30.5 Å². The number of imidazole rings is 1. The highest BCUT2D eigenvalue weighted by atomic mass is 79.9. The van der Waals surface area contributed by atoms with Crippen molar-refractivity contribution in [2.24, 2.45) is 5.73 Å². The lowest BCUT2D eigenvalue weighted by molar-refractivity contribution is 0.656. The van der Waals surface area contributed by atoms with Gasteiger partial charge in [0.2, 0.25) is 0 Å². The van der Waals surface area contributed by atoms with Crippen LogP contribution in [0.5, 0.6) is 0 Å². The van der Waals surface area contributed by atoms with E-state index in [1.165, 1.54) is 0 Å². The number of nitrogens with zero attached hydrogens (tertiary/aromatic N) is 3. The summed E-state index contributed by atoms with van der Waals surface area (Å²) in [5.74, 6) is 0.933. The van der Waals surface area contributed by atoms with Gasteiger partial charge in [-0.2, -0.15) is 0 Å². The van der Waals surface area contributed by atoms with Gasteiger partial charge in [-0.15, -0.1) is 0 Å². The third kappa shape index (κ3) is 2.48. The molecule has 0 bridgehead atoms. The standard InChI is InChI=1S/C11H13BrN4/c12-10-6-9(7-14-8-10)11-15-3-5-16(11)4-1-2-13/h3,5-8H,1-2,4,13H2. The number of rotatable bonds is 4. The number of hydrogen-bond donors (Lipinski definition) is 1. The molecule has 2 aromatic rings. The molecule has 16 heavy (non-hydrogen) atoms. The zero-order valence-corrected chi connectivity index (χ0v) is 10.4. The van der Waals surface area contributed by atoms with Gasteiger partial charge in [0.25, 0.3) is 0 Å². The first-order valence-electron chi connectivity index (χ1n) is 5.13. The van der Waals surface area contributed by atoms with E-state index in [0.717, 1.165) is 28.8 Å². The summed E-state index contributed by atoms with van der Waals surface area (Å²) in [6.07, 6.45) is 8.28. The van der Waals surface area contributed by atoms with Gasteiger partial charge in [-0.05, 0) is 35.0 Å². The second kappa shape index (κ2) is 5.23. The molecule has 4 nitrogen and oxygen atoms in total. The number of nitrogens with two attached hydrogens (primary N) is 1. The smallest absolute Gasteiger partial charge is 0.141 e. The van der Waals surface area contributed by atoms with Crippen molar-refractivity contribution in [3.8, 4) is 11.4 Å². The summed E-state index contributed by atoms with van der Waals surface area (Å²) in [7, 11) is 0. The SMILES string of the molecule is NCCCn1ccnc1-c1cncc(Br)c1. The van der Waals surface area contributed by atoms with E-state index in [0.29, 0.717) is 6.54 Å². The molecule has 2 aromatic heterocycles.